The van der Waals surface area contributed by atoms with Gasteiger partial charge in [-0.3, -0.25) is 0 Å². The molecule has 0 fully saturated rings. The minimum atomic E-state index is 0.448. The summed E-state index contributed by atoms with van der Waals surface area (Å²) >= 11 is 0. The Hall–Kier alpha value is -1.94. The van der Waals surface area contributed by atoms with Crippen molar-refractivity contribution in [3.8, 4) is 5.75 Å². The molecule has 1 heterocycles. The van der Waals surface area contributed by atoms with E-state index in [0.717, 1.165) is 36.0 Å². The number of anilines is 1. The number of ether oxygens (including phenoxy) is 1. The van der Waals surface area contributed by atoms with Crippen LogP contribution in [0.1, 0.15) is 24.0 Å². The van der Waals surface area contributed by atoms with Crippen LogP contribution in [0, 0.1) is 6.92 Å². The van der Waals surface area contributed by atoms with Gasteiger partial charge in [0.05, 0.1) is 0 Å². The van der Waals surface area contributed by atoms with Crippen molar-refractivity contribution in [1.82, 2.24) is 5.32 Å². The third-order valence-electron chi connectivity index (χ3n) is 3.35. The molecule has 0 saturated carbocycles. The molecule has 0 aliphatic heterocycles. The summed E-state index contributed by atoms with van der Waals surface area (Å²) in [6.07, 6.45) is 0. The molecule has 1 N–H and O–H groups in total. The van der Waals surface area contributed by atoms with Crippen LogP contribution in [0.3, 0.4) is 0 Å². The molecule has 4 nitrogen and oxygen atoms in total. The Balaban J connectivity index is 1.98. The molecule has 1 aromatic heterocycles. The normalized spacial score (nSPS) is 10.7. The maximum absolute atomic E-state index is 5.81. The lowest BCUT2D eigenvalue weighted by molar-refractivity contribution is 0.267. The quantitative estimate of drug-likeness (QED) is 0.848. The second kappa shape index (κ2) is 7.18. The molecule has 1 aromatic carbocycles. The van der Waals surface area contributed by atoms with Crippen molar-refractivity contribution in [3.63, 3.8) is 0 Å². The lowest BCUT2D eigenvalue weighted by Crippen LogP contribution is -2.11. The molecule has 0 saturated heterocycles. The molecule has 2 rings (SSSR count). The highest BCUT2D eigenvalue weighted by Crippen LogP contribution is 2.21. The van der Waals surface area contributed by atoms with Crippen molar-refractivity contribution in [2.75, 3.05) is 25.5 Å². The van der Waals surface area contributed by atoms with E-state index in [9.17, 15) is 0 Å². The van der Waals surface area contributed by atoms with Crippen LogP contribution in [0.5, 0.6) is 5.75 Å². The van der Waals surface area contributed by atoms with Gasteiger partial charge in [0, 0.05) is 38.0 Å². The fourth-order valence-corrected chi connectivity index (χ4v) is 2.10. The van der Waals surface area contributed by atoms with Crippen LogP contribution >= 0.6 is 0 Å². The predicted octanol–water partition coefficient (Wildman–Crippen LogP) is 3.34. The van der Waals surface area contributed by atoms with Gasteiger partial charge >= 0.3 is 0 Å². The molecule has 0 unspecified atom stereocenters. The van der Waals surface area contributed by atoms with Gasteiger partial charge in [-0.15, -0.1) is 0 Å². The number of nitrogens with zero attached hydrogens (tertiary/aromatic N) is 1. The number of aryl methyl sites for hydroxylation is 1. The Morgan fingerprint density at radius 2 is 2.05 bits per heavy atom. The highest BCUT2D eigenvalue weighted by Gasteiger charge is 2.08. The first kappa shape index (κ1) is 15.4. The van der Waals surface area contributed by atoms with Gasteiger partial charge in [-0.25, -0.2) is 0 Å². The van der Waals surface area contributed by atoms with Crippen molar-refractivity contribution >= 4 is 5.69 Å². The largest absolute Gasteiger partial charge is 0.486 e. The molecule has 4 heteroatoms. The summed E-state index contributed by atoms with van der Waals surface area (Å²) in [6, 6.07) is 10.1. The summed E-state index contributed by atoms with van der Waals surface area (Å²) < 4.78 is 11.6. The van der Waals surface area contributed by atoms with Crippen LogP contribution in [0.25, 0.3) is 0 Å². The summed E-state index contributed by atoms with van der Waals surface area (Å²) in [5, 5.41) is 3.31. The smallest absolute Gasteiger partial charge is 0.146 e. The maximum Gasteiger partial charge on any atom is 0.146 e. The molecular weight excluding hydrogens is 264 g/mol. The summed E-state index contributed by atoms with van der Waals surface area (Å²) in [5.74, 6) is 2.66. The van der Waals surface area contributed by atoms with Crippen LogP contribution in [-0.2, 0) is 13.2 Å². The predicted molar refractivity (Wildman–Crippen MR) is 85.9 cm³/mol. The van der Waals surface area contributed by atoms with Gasteiger partial charge in [-0.05, 0) is 31.7 Å². The zero-order valence-corrected chi connectivity index (χ0v) is 13.3. The average Bonchev–Trinajstić information content (AvgIpc) is 2.83. The van der Waals surface area contributed by atoms with E-state index in [2.05, 4.69) is 29.3 Å². The molecule has 0 radical (unpaired) electrons. The SMILES string of the molecule is CCNCc1cc(COc2cccc(N(C)C)c2)oc1C. The zero-order valence-electron chi connectivity index (χ0n) is 13.3. The van der Waals surface area contributed by atoms with Gasteiger partial charge in [0.2, 0.25) is 0 Å². The van der Waals surface area contributed by atoms with Crippen molar-refractivity contribution < 1.29 is 9.15 Å². The van der Waals surface area contributed by atoms with E-state index in [0.29, 0.717) is 6.61 Å². The molecule has 0 spiro atoms. The number of benzene rings is 1. The van der Waals surface area contributed by atoms with Gasteiger partial charge in [-0.1, -0.05) is 13.0 Å². The van der Waals surface area contributed by atoms with E-state index in [4.69, 9.17) is 9.15 Å². The van der Waals surface area contributed by atoms with Crippen LogP contribution < -0.4 is 15.0 Å². The van der Waals surface area contributed by atoms with E-state index < -0.39 is 0 Å². The van der Waals surface area contributed by atoms with Crippen LogP contribution in [0.15, 0.2) is 34.7 Å². The van der Waals surface area contributed by atoms with Crippen molar-refractivity contribution in [1.29, 1.82) is 0 Å². The van der Waals surface area contributed by atoms with Gasteiger partial charge in [0.15, 0.2) is 0 Å². The molecule has 21 heavy (non-hydrogen) atoms. The van der Waals surface area contributed by atoms with E-state index in [1.54, 1.807) is 0 Å². The van der Waals surface area contributed by atoms with Crippen molar-refractivity contribution in [2.24, 2.45) is 0 Å². The fraction of sp³-hybridized carbons (Fsp3) is 0.412. The summed E-state index contributed by atoms with van der Waals surface area (Å²) in [4.78, 5) is 2.05. The topological polar surface area (TPSA) is 37.6 Å². The fourth-order valence-electron chi connectivity index (χ4n) is 2.10. The summed E-state index contributed by atoms with van der Waals surface area (Å²) in [5.41, 5.74) is 2.31. The van der Waals surface area contributed by atoms with Crippen LogP contribution in [0.2, 0.25) is 0 Å². The summed E-state index contributed by atoms with van der Waals surface area (Å²) in [6.45, 7) is 6.32. The van der Waals surface area contributed by atoms with E-state index in [1.807, 2.05) is 39.2 Å². The van der Waals surface area contributed by atoms with Gasteiger partial charge in [-0.2, -0.15) is 0 Å². The van der Waals surface area contributed by atoms with Gasteiger partial charge < -0.3 is 19.4 Å². The maximum atomic E-state index is 5.81. The number of furan rings is 1. The van der Waals surface area contributed by atoms with Crippen molar-refractivity contribution in [2.45, 2.75) is 27.0 Å². The molecule has 0 bridgehead atoms. The number of hydrogen-bond acceptors (Lipinski definition) is 4. The second-order valence-electron chi connectivity index (χ2n) is 5.25. The molecule has 0 amide bonds. The molecule has 114 valence electrons. The standard InChI is InChI=1S/C17H24N2O2/c1-5-18-11-14-9-17(21-13(14)2)12-20-16-8-6-7-15(10-16)19(3)4/h6-10,18H,5,11-12H2,1-4H3. The average molecular weight is 288 g/mol. The summed E-state index contributed by atoms with van der Waals surface area (Å²) in [7, 11) is 4.03. The molecule has 0 aliphatic rings. The third-order valence-corrected chi connectivity index (χ3v) is 3.35. The lowest BCUT2D eigenvalue weighted by atomic mass is 10.2. The lowest BCUT2D eigenvalue weighted by Gasteiger charge is -2.13. The van der Waals surface area contributed by atoms with Crippen molar-refractivity contribution in [3.05, 3.63) is 47.4 Å². The Kier molecular flexibility index (Phi) is 5.28. The molecule has 0 atom stereocenters. The van der Waals surface area contributed by atoms with Crippen LogP contribution in [0.4, 0.5) is 5.69 Å². The highest BCUT2D eigenvalue weighted by atomic mass is 16.5. The minimum Gasteiger partial charge on any atom is -0.486 e. The Morgan fingerprint density at radius 1 is 1.24 bits per heavy atom. The van der Waals surface area contributed by atoms with Gasteiger partial charge in [0.25, 0.3) is 0 Å². The minimum absolute atomic E-state index is 0.448. The Morgan fingerprint density at radius 3 is 2.76 bits per heavy atom. The number of rotatable bonds is 7. The van der Waals surface area contributed by atoms with E-state index >= 15 is 0 Å². The highest BCUT2D eigenvalue weighted by molar-refractivity contribution is 5.49. The number of nitrogens with one attached hydrogen (secondary N) is 1. The zero-order chi connectivity index (χ0) is 15.2. The first-order chi connectivity index (χ1) is 10.1. The number of hydrogen-bond donors (Lipinski definition) is 1. The van der Waals surface area contributed by atoms with E-state index in [-0.39, 0.29) is 0 Å². The molecule has 2 aromatic rings. The Labute approximate surface area is 126 Å². The molecule has 0 aliphatic carbocycles. The first-order valence-electron chi connectivity index (χ1n) is 7.29. The Bertz CT molecular complexity index is 576. The third kappa shape index (κ3) is 4.26. The molecular formula is C17H24N2O2. The van der Waals surface area contributed by atoms with E-state index in [1.165, 1.54) is 5.56 Å². The monoisotopic (exact) mass is 288 g/mol. The van der Waals surface area contributed by atoms with Gasteiger partial charge in [0.1, 0.15) is 23.9 Å². The first-order valence-corrected chi connectivity index (χ1v) is 7.29. The second-order valence-corrected chi connectivity index (χ2v) is 5.25. The van der Waals surface area contributed by atoms with Crippen LogP contribution in [-0.4, -0.2) is 20.6 Å².